The van der Waals surface area contributed by atoms with Gasteiger partial charge >= 0.3 is 0 Å². The zero-order chi connectivity index (χ0) is 16.7. The van der Waals surface area contributed by atoms with Gasteiger partial charge in [0.2, 0.25) is 0 Å². The van der Waals surface area contributed by atoms with Gasteiger partial charge in [-0.25, -0.2) is 0 Å². The van der Waals surface area contributed by atoms with Crippen LogP contribution in [0.1, 0.15) is 29.9 Å². The largest absolute Gasteiger partial charge is 0.334 e. The number of hydrogen-bond donors (Lipinski definition) is 1. The molecule has 1 unspecified atom stereocenters. The summed E-state index contributed by atoms with van der Waals surface area (Å²) in [6.45, 7) is 5.18. The molecule has 0 spiro atoms. The monoisotopic (exact) mass is 336 g/mol. The summed E-state index contributed by atoms with van der Waals surface area (Å²) in [5.41, 5.74) is 4.00. The molecule has 4 heteroatoms. The van der Waals surface area contributed by atoms with Crippen LogP contribution in [-0.2, 0) is 13.0 Å². The Kier molecular flexibility index (Phi) is 3.85. The number of amides is 1. The lowest BCUT2D eigenvalue weighted by molar-refractivity contribution is 0.101. The molecule has 2 heterocycles. The second-order valence-corrected chi connectivity index (χ2v) is 7.71. The Labute approximate surface area is 146 Å². The number of nitrogens with one attached hydrogen (secondary N) is 1. The van der Waals surface area contributed by atoms with E-state index in [4.69, 9.17) is 0 Å². The maximum Gasteiger partial charge on any atom is 0.272 e. The number of anilines is 1. The van der Waals surface area contributed by atoms with Gasteiger partial charge in [-0.15, -0.1) is 11.8 Å². The van der Waals surface area contributed by atoms with Gasteiger partial charge in [0, 0.05) is 27.8 Å². The summed E-state index contributed by atoms with van der Waals surface area (Å²) in [5.74, 6) is -0.0304. The first-order valence-electron chi connectivity index (χ1n) is 8.35. The molecule has 1 aliphatic rings. The van der Waals surface area contributed by atoms with E-state index in [1.807, 2.05) is 36.0 Å². The molecule has 1 aromatic heterocycles. The SMILES string of the molecule is CCc1ccccc1NC(=O)c1cc2cccc3c2n1CC(C)S3. The highest BCUT2D eigenvalue weighted by Gasteiger charge is 2.24. The summed E-state index contributed by atoms with van der Waals surface area (Å²) < 4.78 is 2.18. The van der Waals surface area contributed by atoms with Crippen LogP contribution in [0.5, 0.6) is 0 Å². The highest BCUT2D eigenvalue weighted by Crippen LogP contribution is 2.38. The second-order valence-electron chi connectivity index (χ2n) is 6.23. The standard InChI is InChI=1S/C20H20N2OS/c1-3-14-7-4-5-9-16(14)21-20(23)17-11-15-8-6-10-18-19(15)22(17)12-13(2)24-18/h4-11,13H,3,12H2,1-2H3,(H,21,23). The fourth-order valence-corrected chi connectivity index (χ4v) is 4.57. The normalized spacial score (nSPS) is 16.3. The van der Waals surface area contributed by atoms with Crippen molar-refractivity contribution in [2.75, 3.05) is 5.32 Å². The van der Waals surface area contributed by atoms with E-state index in [1.54, 1.807) is 0 Å². The maximum absolute atomic E-state index is 12.9. The van der Waals surface area contributed by atoms with Gasteiger partial charge in [-0.05, 0) is 30.2 Å². The van der Waals surface area contributed by atoms with Crippen molar-refractivity contribution in [2.24, 2.45) is 0 Å². The van der Waals surface area contributed by atoms with Crippen LogP contribution in [0.3, 0.4) is 0 Å². The zero-order valence-corrected chi connectivity index (χ0v) is 14.7. The fourth-order valence-electron chi connectivity index (χ4n) is 3.41. The van der Waals surface area contributed by atoms with Gasteiger partial charge in [-0.3, -0.25) is 4.79 Å². The number of rotatable bonds is 3. The number of carbonyl (C=O) groups excluding carboxylic acids is 1. The van der Waals surface area contributed by atoms with E-state index in [2.05, 4.69) is 48.0 Å². The average molecular weight is 336 g/mol. The van der Waals surface area contributed by atoms with Crippen LogP contribution in [0.25, 0.3) is 10.9 Å². The molecule has 0 fully saturated rings. The lowest BCUT2D eigenvalue weighted by Gasteiger charge is -2.22. The molecule has 0 saturated carbocycles. The van der Waals surface area contributed by atoms with Gasteiger partial charge in [0.1, 0.15) is 5.69 Å². The van der Waals surface area contributed by atoms with Crippen molar-refractivity contribution in [3.05, 3.63) is 59.8 Å². The molecule has 2 aromatic carbocycles. The number of para-hydroxylation sites is 2. The van der Waals surface area contributed by atoms with Crippen LogP contribution in [0.15, 0.2) is 53.4 Å². The predicted molar refractivity (Wildman–Crippen MR) is 101 cm³/mol. The zero-order valence-electron chi connectivity index (χ0n) is 13.9. The van der Waals surface area contributed by atoms with Gasteiger partial charge in [-0.2, -0.15) is 0 Å². The summed E-state index contributed by atoms with van der Waals surface area (Å²) >= 11 is 1.89. The van der Waals surface area contributed by atoms with E-state index in [0.29, 0.717) is 5.25 Å². The molecule has 0 radical (unpaired) electrons. The number of thioether (sulfide) groups is 1. The molecule has 0 saturated heterocycles. The van der Waals surface area contributed by atoms with Gasteiger partial charge in [0.15, 0.2) is 0 Å². The summed E-state index contributed by atoms with van der Waals surface area (Å²) in [6.07, 6.45) is 0.900. The summed E-state index contributed by atoms with van der Waals surface area (Å²) in [4.78, 5) is 14.2. The number of nitrogens with zero attached hydrogens (tertiary/aromatic N) is 1. The van der Waals surface area contributed by atoms with Crippen molar-refractivity contribution in [1.82, 2.24) is 4.57 Å². The molecule has 3 aromatic rings. The van der Waals surface area contributed by atoms with E-state index in [-0.39, 0.29) is 5.91 Å². The molecule has 0 bridgehead atoms. The molecule has 1 N–H and O–H groups in total. The van der Waals surface area contributed by atoms with E-state index >= 15 is 0 Å². The predicted octanol–water partition coefficient (Wildman–Crippen LogP) is 4.95. The Morgan fingerprint density at radius 1 is 1.25 bits per heavy atom. The van der Waals surface area contributed by atoms with Gasteiger partial charge in [0.05, 0.1) is 5.52 Å². The highest BCUT2D eigenvalue weighted by atomic mass is 32.2. The number of aryl methyl sites for hydroxylation is 1. The Hall–Kier alpha value is -2.20. The Balaban J connectivity index is 1.76. The molecular weight excluding hydrogens is 316 g/mol. The maximum atomic E-state index is 12.9. The van der Waals surface area contributed by atoms with Crippen LogP contribution in [-0.4, -0.2) is 15.7 Å². The minimum Gasteiger partial charge on any atom is -0.334 e. The van der Waals surface area contributed by atoms with E-state index < -0.39 is 0 Å². The van der Waals surface area contributed by atoms with E-state index in [9.17, 15) is 4.79 Å². The van der Waals surface area contributed by atoms with E-state index in [0.717, 1.165) is 35.3 Å². The number of hydrogen-bond acceptors (Lipinski definition) is 2. The number of aromatic nitrogens is 1. The van der Waals surface area contributed by atoms with Crippen molar-refractivity contribution in [1.29, 1.82) is 0 Å². The molecule has 4 rings (SSSR count). The van der Waals surface area contributed by atoms with Gasteiger partial charge in [0.25, 0.3) is 5.91 Å². The lowest BCUT2D eigenvalue weighted by Crippen LogP contribution is -2.22. The van der Waals surface area contributed by atoms with Crippen LogP contribution in [0, 0.1) is 0 Å². The Morgan fingerprint density at radius 3 is 2.92 bits per heavy atom. The first-order valence-corrected chi connectivity index (χ1v) is 9.23. The molecule has 24 heavy (non-hydrogen) atoms. The Morgan fingerprint density at radius 2 is 2.08 bits per heavy atom. The molecule has 1 atom stereocenters. The third-order valence-corrected chi connectivity index (χ3v) is 5.66. The van der Waals surface area contributed by atoms with Crippen LogP contribution in [0.2, 0.25) is 0 Å². The van der Waals surface area contributed by atoms with Gasteiger partial charge in [-0.1, -0.05) is 44.2 Å². The first kappa shape index (κ1) is 15.3. The van der Waals surface area contributed by atoms with Crippen molar-refractivity contribution in [3.63, 3.8) is 0 Å². The molecule has 3 nitrogen and oxygen atoms in total. The minimum atomic E-state index is -0.0304. The Bertz CT molecular complexity index is 929. The topological polar surface area (TPSA) is 34.0 Å². The quantitative estimate of drug-likeness (QED) is 0.734. The van der Waals surface area contributed by atoms with Crippen molar-refractivity contribution in [2.45, 2.75) is 37.0 Å². The summed E-state index contributed by atoms with van der Waals surface area (Å²) in [7, 11) is 0. The smallest absolute Gasteiger partial charge is 0.272 e. The fraction of sp³-hybridized carbons (Fsp3) is 0.250. The first-order chi connectivity index (χ1) is 11.7. The molecule has 0 aliphatic carbocycles. The lowest BCUT2D eigenvalue weighted by atomic mass is 10.1. The van der Waals surface area contributed by atoms with Crippen molar-refractivity contribution >= 4 is 34.3 Å². The summed E-state index contributed by atoms with van der Waals surface area (Å²) in [5, 5.41) is 4.71. The third kappa shape index (κ3) is 2.51. The van der Waals surface area contributed by atoms with Crippen molar-refractivity contribution in [3.8, 4) is 0 Å². The molecule has 1 aliphatic heterocycles. The molecular formula is C20H20N2OS. The van der Waals surface area contributed by atoms with Crippen molar-refractivity contribution < 1.29 is 4.79 Å². The summed E-state index contributed by atoms with van der Waals surface area (Å²) in [6, 6.07) is 16.3. The highest BCUT2D eigenvalue weighted by molar-refractivity contribution is 8.00. The van der Waals surface area contributed by atoms with Crippen LogP contribution in [0.4, 0.5) is 5.69 Å². The molecule has 122 valence electrons. The van der Waals surface area contributed by atoms with Crippen LogP contribution < -0.4 is 5.32 Å². The number of carbonyl (C=O) groups is 1. The van der Waals surface area contributed by atoms with Crippen LogP contribution >= 0.6 is 11.8 Å². The number of benzene rings is 2. The van der Waals surface area contributed by atoms with E-state index in [1.165, 1.54) is 10.4 Å². The van der Waals surface area contributed by atoms with Gasteiger partial charge < -0.3 is 9.88 Å². The minimum absolute atomic E-state index is 0.0304. The average Bonchev–Trinajstić information content (AvgIpc) is 2.95. The third-order valence-electron chi connectivity index (χ3n) is 4.53. The molecule has 1 amide bonds. The second kappa shape index (κ2) is 6.02.